The van der Waals surface area contributed by atoms with Gasteiger partial charge in [-0.3, -0.25) is 9.69 Å². The van der Waals surface area contributed by atoms with Crippen LogP contribution in [0.25, 0.3) is 0 Å². The molecule has 0 bridgehead atoms. The molecule has 146 valence electrons. The highest BCUT2D eigenvalue weighted by Crippen LogP contribution is 2.27. The van der Waals surface area contributed by atoms with Crippen LogP contribution < -0.4 is 5.32 Å². The Kier molecular flexibility index (Phi) is 6.39. The quantitative estimate of drug-likeness (QED) is 0.562. The zero-order valence-corrected chi connectivity index (χ0v) is 18.4. The number of amides is 1. The Morgan fingerprint density at radius 3 is 2.79 bits per heavy atom. The first-order valence-electron chi connectivity index (χ1n) is 8.73. The molecular formula is C20H21BrN4O2S. The summed E-state index contributed by atoms with van der Waals surface area (Å²) in [5.74, 6) is 1.12. The van der Waals surface area contributed by atoms with E-state index >= 15 is 0 Å². The molecule has 0 aliphatic heterocycles. The predicted molar refractivity (Wildman–Crippen MR) is 113 cm³/mol. The topological polar surface area (TPSA) is 74.2 Å². The van der Waals surface area contributed by atoms with Crippen molar-refractivity contribution in [3.05, 3.63) is 61.8 Å². The molecule has 0 aliphatic carbocycles. The molecule has 3 aromatic heterocycles. The number of furan rings is 1. The number of thiophene rings is 1. The molecule has 28 heavy (non-hydrogen) atoms. The molecule has 1 amide bonds. The fourth-order valence-electron chi connectivity index (χ4n) is 3.06. The lowest BCUT2D eigenvalue weighted by atomic mass is 10.2. The standard InChI is InChI=1S/C20H21BrN4O2S/c1-13-14(2)25(10-15-5-4-8-27-15)20(17(13)9-22)23-19(26)12-24(3)11-16-6-7-18(21)28-16/h4-8H,10-12H2,1-3H3,(H,23,26). The lowest BCUT2D eigenvalue weighted by Gasteiger charge is -2.17. The molecule has 0 saturated heterocycles. The first-order valence-corrected chi connectivity index (χ1v) is 10.3. The van der Waals surface area contributed by atoms with Gasteiger partial charge in [0.15, 0.2) is 0 Å². The predicted octanol–water partition coefficient (Wildman–Crippen LogP) is 4.51. The van der Waals surface area contributed by atoms with Crippen LogP contribution in [0.4, 0.5) is 5.82 Å². The van der Waals surface area contributed by atoms with Gasteiger partial charge in [0.1, 0.15) is 17.6 Å². The maximum atomic E-state index is 12.7. The minimum absolute atomic E-state index is 0.159. The summed E-state index contributed by atoms with van der Waals surface area (Å²) in [7, 11) is 1.90. The van der Waals surface area contributed by atoms with E-state index in [1.165, 1.54) is 4.88 Å². The van der Waals surface area contributed by atoms with Gasteiger partial charge < -0.3 is 14.3 Å². The molecule has 0 saturated carbocycles. The molecule has 1 N–H and O–H groups in total. The van der Waals surface area contributed by atoms with Gasteiger partial charge in [-0.2, -0.15) is 5.26 Å². The number of nitrogens with zero attached hydrogens (tertiary/aromatic N) is 3. The van der Waals surface area contributed by atoms with Crippen LogP contribution in [0.15, 0.2) is 38.7 Å². The zero-order valence-electron chi connectivity index (χ0n) is 16.0. The Bertz CT molecular complexity index is 1010. The summed E-state index contributed by atoms with van der Waals surface area (Å²) in [6.07, 6.45) is 1.61. The highest BCUT2D eigenvalue weighted by atomic mass is 79.9. The highest BCUT2D eigenvalue weighted by Gasteiger charge is 2.21. The third-order valence-corrected chi connectivity index (χ3v) is 6.17. The molecular weight excluding hydrogens is 440 g/mol. The molecule has 0 radical (unpaired) electrons. The minimum Gasteiger partial charge on any atom is -0.467 e. The van der Waals surface area contributed by atoms with Crippen molar-refractivity contribution in [1.82, 2.24) is 9.47 Å². The number of nitriles is 1. The average molecular weight is 461 g/mol. The van der Waals surface area contributed by atoms with Crippen molar-refractivity contribution in [2.45, 2.75) is 26.9 Å². The van der Waals surface area contributed by atoms with Crippen molar-refractivity contribution >= 4 is 39.0 Å². The second-order valence-corrected chi connectivity index (χ2v) is 9.19. The van der Waals surface area contributed by atoms with E-state index in [4.69, 9.17) is 4.42 Å². The maximum absolute atomic E-state index is 12.7. The average Bonchev–Trinajstić information content (AvgIpc) is 3.34. The van der Waals surface area contributed by atoms with Gasteiger partial charge in [0.2, 0.25) is 5.91 Å². The lowest BCUT2D eigenvalue weighted by molar-refractivity contribution is -0.117. The highest BCUT2D eigenvalue weighted by molar-refractivity contribution is 9.11. The number of nitrogens with one attached hydrogen (secondary N) is 1. The van der Waals surface area contributed by atoms with Crippen molar-refractivity contribution in [2.75, 3.05) is 18.9 Å². The van der Waals surface area contributed by atoms with Crippen LogP contribution in [-0.2, 0) is 17.9 Å². The number of aromatic nitrogens is 1. The fourth-order valence-corrected chi connectivity index (χ4v) is 4.63. The second kappa shape index (κ2) is 8.78. The molecule has 0 fully saturated rings. The number of anilines is 1. The minimum atomic E-state index is -0.159. The Hall–Kier alpha value is -2.34. The number of rotatable bonds is 7. The van der Waals surface area contributed by atoms with Crippen molar-refractivity contribution in [2.24, 2.45) is 0 Å². The fraction of sp³-hybridized carbons (Fsp3) is 0.300. The van der Waals surface area contributed by atoms with E-state index in [0.717, 1.165) is 20.8 Å². The second-order valence-electron chi connectivity index (χ2n) is 6.64. The monoisotopic (exact) mass is 460 g/mol. The normalized spacial score (nSPS) is 11.0. The van der Waals surface area contributed by atoms with Gasteiger partial charge in [-0.25, -0.2) is 0 Å². The summed E-state index contributed by atoms with van der Waals surface area (Å²) in [4.78, 5) is 15.8. The van der Waals surface area contributed by atoms with Gasteiger partial charge in [0.25, 0.3) is 0 Å². The summed E-state index contributed by atoms with van der Waals surface area (Å²) in [5.41, 5.74) is 2.28. The maximum Gasteiger partial charge on any atom is 0.239 e. The largest absolute Gasteiger partial charge is 0.467 e. The van der Waals surface area contributed by atoms with Crippen LogP contribution in [0.5, 0.6) is 0 Å². The van der Waals surface area contributed by atoms with Gasteiger partial charge in [-0.05, 0) is 66.7 Å². The van der Waals surface area contributed by atoms with Crippen molar-refractivity contribution in [3.8, 4) is 6.07 Å². The first-order chi connectivity index (χ1) is 13.4. The van der Waals surface area contributed by atoms with Gasteiger partial charge in [-0.15, -0.1) is 11.3 Å². The van der Waals surface area contributed by atoms with E-state index < -0.39 is 0 Å². The van der Waals surface area contributed by atoms with Crippen molar-refractivity contribution < 1.29 is 9.21 Å². The van der Waals surface area contributed by atoms with E-state index in [1.54, 1.807) is 17.6 Å². The summed E-state index contributed by atoms with van der Waals surface area (Å²) < 4.78 is 8.43. The van der Waals surface area contributed by atoms with Crippen molar-refractivity contribution in [3.63, 3.8) is 0 Å². The lowest BCUT2D eigenvalue weighted by Crippen LogP contribution is -2.30. The number of likely N-dealkylation sites (N-methyl/N-ethyl adjacent to an activating group) is 1. The number of hydrogen-bond acceptors (Lipinski definition) is 5. The van der Waals surface area contributed by atoms with Crippen molar-refractivity contribution in [1.29, 1.82) is 5.26 Å². The summed E-state index contributed by atoms with van der Waals surface area (Å²) in [6.45, 7) is 5.19. The molecule has 0 atom stereocenters. The molecule has 3 rings (SSSR count). The number of hydrogen-bond donors (Lipinski definition) is 1. The molecule has 0 aromatic carbocycles. The Morgan fingerprint density at radius 1 is 1.39 bits per heavy atom. The molecule has 3 heterocycles. The zero-order chi connectivity index (χ0) is 20.3. The number of carbonyl (C=O) groups excluding carboxylic acids is 1. The summed E-state index contributed by atoms with van der Waals surface area (Å²) in [6, 6.07) is 9.96. The summed E-state index contributed by atoms with van der Waals surface area (Å²) in [5, 5.41) is 12.5. The van der Waals surface area contributed by atoms with E-state index in [9.17, 15) is 10.1 Å². The van der Waals surface area contributed by atoms with Gasteiger partial charge in [0.05, 0.1) is 28.7 Å². The van der Waals surface area contributed by atoms with Crippen LogP contribution >= 0.6 is 27.3 Å². The summed E-state index contributed by atoms with van der Waals surface area (Å²) >= 11 is 5.10. The Balaban J connectivity index is 1.75. The van der Waals surface area contributed by atoms with Crippen LogP contribution in [0, 0.1) is 25.2 Å². The molecule has 8 heteroatoms. The van der Waals surface area contributed by atoms with Crippen LogP contribution in [0.2, 0.25) is 0 Å². The SMILES string of the molecule is Cc1c(C#N)c(NC(=O)CN(C)Cc2ccc(Br)s2)n(Cc2ccco2)c1C. The molecule has 0 spiro atoms. The first kappa shape index (κ1) is 20.4. The van der Waals surface area contributed by atoms with E-state index in [1.807, 2.05) is 54.6 Å². The third-order valence-electron chi connectivity index (χ3n) is 4.56. The van der Waals surface area contributed by atoms with Gasteiger partial charge in [0, 0.05) is 17.1 Å². The van der Waals surface area contributed by atoms with Crippen LogP contribution in [0.1, 0.15) is 27.5 Å². The van der Waals surface area contributed by atoms with E-state index in [0.29, 0.717) is 24.5 Å². The molecule has 0 aliphatic rings. The third kappa shape index (κ3) is 4.55. The number of carbonyl (C=O) groups is 1. The molecule has 0 unspecified atom stereocenters. The van der Waals surface area contributed by atoms with E-state index in [2.05, 4.69) is 27.3 Å². The molecule has 3 aromatic rings. The number of halogens is 1. The van der Waals surface area contributed by atoms with Gasteiger partial charge in [-0.1, -0.05) is 0 Å². The Labute approximate surface area is 176 Å². The van der Waals surface area contributed by atoms with Crippen LogP contribution in [-0.4, -0.2) is 29.0 Å². The Morgan fingerprint density at radius 2 is 2.18 bits per heavy atom. The smallest absolute Gasteiger partial charge is 0.239 e. The van der Waals surface area contributed by atoms with E-state index in [-0.39, 0.29) is 12.5 Å². The molecule has 6 nitrogen and oxygen atoms in total. The van der Waals surface area contributed by atoms with Gasteiger partial charge >= 0.3 is 0 Å². The van der Waals surface area contributed by atoms with Crippen LogP contribution in [0.3, 0.4) is 0 Å².